The van der Waals surface area contributed by atoms with Gasteiger partial charge in [-0.15, -0.1) is 0 Å². The molecule has 9 heteroatoms. The number of hydrogen-bond acceptors (Lipinski definition) is 6. The summed E-state index contributed by atoms with van der Waals surface area (Å²) >= 11 is 1.49. The zero-order valence-electron chi connectivity index (χ0n) is 16.0. The third-order valence-electron chi connectivity index (χ3n) is 4.10. The molecule has 0 unspecified atom stereocenters. The summed E-state index contributed by atoms with van der Waals surface area (Å²) in [5.74, 6) is -0.0291. The van der Waals surface area contributed by atoms with Gasteiger partial charge in [0.15, 0.2) is 0 Å². The average Bonchev–Trinajstić information content (AvgIpc) is 3.13. The second-order valence-corrected chi connectivity index (χ2v) is 10.5. The van der Waals surface area contributed by atoms with Gasteiger partial charge in [0.1, 0.15) is 0 Å². The number of hydrazine groups is 1. The van der Waals surface area contributed by atoms with Gasteiger partial charge in [0.05, 0.1) is 10.4 Å². The number of sulfonamides is 1. The van der Waals surface area contributed by atoms with E-state index in [9.17, 15) is 13.2 Å². The molecule has 150 valence electrons. The Morgan fingerprint density at radius 2 is 1.85 bits per heavy atom. The summed E-state index contributed by atoms with van der Waals surface area (Å²) in [5, 5.41) is 4.89. The number of benzene rings is 1. The van der Waals surface area contributed by atoms with Crippen molar-refractivity contribution in [3.8, 4) is 0 Å². The van der Waals surface area contributed by atoms with E-state index in [0.29, 0.717) is 32.4 Å². The minimum atomic E-state index is -3.32. The molecule has 0 spiro atoms. The highest BCUT2D eigenvalue weighted by Crippen LogP contribution is 2.19. The van der Waals surface area contributed by atoms with Crippen LogP contribution in [0.2, 0.25) is 0 Å². The summed E-state index contributed by atoms with van der Waals surface area (Å²) in [4.78, 5) is 14.9. The molecule has 0 saturated carbocycles. The van der Waals surface area contributed by atoms with E-state index in [-0.39, 0.29) is 5.91 Å². The van der Waals surface area contributed by atoms with Gasteiger partial charge in [-0.2, -0.15) is 4.83 Å². The Morgan fingerprint density at radius 1 is 1.15 bits per heavy atom. The Bertz CT molecular complexity index is 769. The van der Waals surface area contributed by atoms with Gasteiger partial charge in [-0.05, 0) is 56.7 Å². The quantitative estimate of drug-likeness (QED) is 0.367. The molecule has 0 radical (unpaired) electrons. The number of unbranched alkanes of at least 4 members (excludes halogenated alkanes) is 1. The molecule has 2 rings (SSSR count). The first-order valence-corrected chi connectivity index (χ1v) is 11.3. The minimum absolute atomic E-state index is 0.0291. The van der Waals surface area contributed by atoms with E-state index in [1.54, 1.807) is 20.8 Å². The van der Waals surface area contributed by atoms with Gasteiger partial charge in [0, 0.05) is 24.9 Å². The average molecular weight is 413 g/mol. The van der Waals surface area contributed by atoms with E-state index in [0.717, 1.165) is 16.8 Å². The van der Waals surface area contributed by atoms with Gasteiger partial charge >= 0.3 is 0 Å². The van der Waals surface area contributed by atoms with Gasteiger partial charge in [-0.1, -0.05) is 24.3 Å². The lowest BCUT2D eigenvalue weighted by atomic mass is 10.1. The van der Waals surface area contributed by atoms with Crippen LogP contribution < -0.4 is 20.3 Å². The fraction of sp³-hybridized carbons (Fsp3) is 0.500. The molecule has 1 amide bonds. The van der Waals surface area contributed by atoms with Crippen LogP contribution in [0, 0.1) is 0 Å². The number of hydrogen-bond donors (Lipinski definition) is 4. The number of nitrogens with one attached hydrogen (secondary N) is 4. The van der Waals surface area contributed by atoms with Crippen LogP contribution in [-0.2, 0) is 21.4 Å². The predicted octanol–water partition coefficient (Wildman–Crippen LogP) is 2.25. The summed E-state index contributed by atoms with van der Waals surface area (Å²) in [5.41, 5.74) is 6.20. The molecule has 0 bridgehead atoms. The van der Waals surface area contributed by atoms with Crippen LogP contribution in [0.4, 0.5) is 0 Å². The lowest BCUT2D eigenvalue weighted by molar-refractivity contribution is -0.121. The Hall–Kier alpha value is -1.55. The van der Waals surface area contributed by atoms with E-state index in [4.69, 9.17) is 0 Å². The maximum atomic E-state index is 11.9. The monoisotopic (exact) mass is 412 g/mol. The molecule has 0 fully saturated rings. The van der Waals surface area contributed by atoms with Crippen molar-refractivity contribution in [2.24, 2.45) is 0 Å². The molecular weight excluding hydrogens is 384 g/mol. The van der Waals surface area contributed by atoms with Crippen LogP contribution in [0.15, 0.2) is 29.7 Å². The van der Waals surface area contributed by atoms with E-state index < -0.39 is 14.8 Å². The molecule has 1 aromatic carbocycles. The van der Waals surface area contributed by atoms with Crippen molar-refractivity contribution >= 4 is 33.6 Å². The third-order valence-corrected chi connectivity index (χ3v) is 6.87. The Kier molecular flexibility index (Phi) is 7.72. The standard InChI is InChI=1S/C18H28N4O3S2/c1-18(2,3)27(24,25)20-11-5-4-6-17(23)19-12-14-7-9-15(10-8-14)16-13-26-22-21-16/h7-10,13,20-22H,4-6,11-12H2,1-3H3,(H,19,23). The molecule has 4 N–H and O–H groups in total. The van der Waals surface area contributed by atoms with Gasteiger partial charge in [-0.25, -0.2) is 13.1 Å². The number of rotatable bonds is 9. The van der Waals surface area contributed by atoms with E-state index in [1.165, 1.54) is 11.9 Å². The Balaban J connectivity index is 1.63. The molecule has 0 aromatic heterocycles. The minimum Gasteiger partial charge on any atom is -0.352 e. The van der Waals surface area contributed by atoms with Crippen molar-refractivity contribution in [2.75, 3.05) is 6.54 Å². The van der Waals surface area contributed by atoms with Crippen LogP contribution in [0.1, 0.15) is 51.2 Å². The number of carbonyl (C=O) groups excluding carboxylic acids is 1. The smallest absolute Gasteiger partial charge is 0.220 e. The van der Waals surface area contributed by atoms with Crippen LogP contribution in [-0.4, -0.2) is 25.6 Å². The summed E-state index contributed by atoms with van der Waals surface area (Å²) in [6, 6.07) is 8.00. The van der Waals surface area contributed by atoms with Crippen LogP contribution in [0.5, 0.6) is 0 Å². The summed E-state index contributed by atoms with van der Waals surface area (Å²) < 4.78 is 25.6. The largest absolute Gasteiger partial charge is 0.352 e. The van der Waals surface area contributed by atoms with Gasteiger partial charge in [-0.3, -0.25) is 4.79 Å². The van der Waals surface area contributed by atoms with E-state index >= 15 is 0 Å². The third kappa shape index (κ3) is 6.84. The van der Waals surface area contributed by atoms with Crippen molar-refractivity contribution in [3.05, 3.63) is 40.8 Å². The van der Waals surface area contributed by atoms with Crippen LogP contribution >= 0.6 is 11.9 Å². The maximum Gasteiger partial charge on any atom is 0.220 e. The molecule has 1 aliphatic heterocycles. The summed E-state index contributed by atoms with van der Waals surface area (Å²) in [6.45, 7) is 5.81. The van der Waals surface area contributed by atoms with Crippen molar-refractivity contribution < 1.29 is 13.2 Å². The second-order valence-electron chi connectivity index (χ2n) is 7.32. The molecule has 1 aliphatic rings. The van der Waals surface area contributed by atoms with Crippen LogP contribution in [0.25, 0.3) is 5.70 Å². The molecule has 1 aromatic rings. The van der Waals surface area contributed by atoms with Gasteiger partial charge in [0.2, 0.25) is 15.9 Å². The normalized spacial score (nSPS) is 14.6. The molecule has 1 heterocycles. The van der Waals surface area contributed by atoms with Gasteiger partial charge < -0.3 is 10.7 Å². The number of amides is 1. The fourth-order valence-corrected chi connectivity index (χ4v) is 3.65. The summed E-state index contributed by atoms with van der Waals surface area (Å²) in [6.07, 6.45) is 1.66. The van der Waals surface area contributed by atoms with Crippen molar-refractivity contribution in [1.29, 1.82) is 0 Å². The summed E-state index contributed by atoms with van der Waals surface area (Å²) in [7, 11) is -3.32. The SMILES string of the molecule is CC(C)(C)S(=O)(=O)NCCCCC(=O)NCc1ccc(C2=CSNN2)cc1. The Labute approximate surface area is 165 Å². The van der Waals surface area contributed by atoms with E-state index in [2.05, 4.69) is 20.3 Å². The zero-order valence-corrected chi connectivity index (χ0v) is 17.6. The first-order chi connectivity index (χ1) is 12.7. The first-order valence-electron chi connectivity index (χ1n) is 8.91. The Morgan fingerprint density at radius 3 is 2.44 bits per heavy atom. The molecular formula is C18H28N4O3S2. The van der Waals surface area contributed by atoms with Crippen molar-refractivity contribution in [3.63, 3.8) is 0 Å². The predicted molar refractivity (Wildman–Crippen MR) is 111 cm³/mol. The van der Waals surface area contributed by atoms with Gasteiger partial charge in [0.25, 0.3) is 0 Å². The highest BCUT2D eigenvalue weighted by molar-refractivity contribution is 8.00. The zero-order chi connectivity index (χ0) is 19.9. The molecule has 7 nitrogen and oxygen atoms in total. The van der Waals surface area contributed by atoms with E-state index in [1.807, 2.05) is 29.7 Å². The topological polar surface area (TPSA) is 99.3 Å². The highest BCUT2D eigenvalue weighted by atomic mass is 32.2. The highest BCUT2D eigenvalue weighted by Gasteiger charge is 2.27. The lowest BCUT2D eigenvalue weighted by Crippen LogP contribution is -2.39. The molecule has 0 atom stereocenters. The lowest BCUT2D eigenvalue weighted by Gasteiger charge is -2.19. The molecule has 27 heavy (non-hydrogen) atoms. The van der Waals surface area contributed by atoms with Crippen molar-refractivity contribution in [2.45, 2.75) is 51.3 Å². The number of carbonyl (C=O) groups is 1. The first kappa shape index (κ1) is 21.7. The van der Waals surface area contributed by atoms with Crippen molar-refractivity contribution in [1.82, 2.24) is 20.3 Å². The molecule has 0 aliphatic carbocycles. The molecule has 0 saturated heterocycles. The van der Waals surface area contributed by atoms with Crippen LogP contribution in [0.3, 0.4) is 0 Å². The maximum absolute atomic E-state index is 11.9. The second kappa shape index (κ2) is 9.59. The fourth-order valence-electron chi connectivity index (χ4n) is 2.27.